The number of aromatic nitrogens is 1. The van der Waals surface area contributed by atoms with Crippen LogP contribution in [0.15, 0.2) is 42.5 Å². The number of esters is 1. The van der Waals surface area contributed by atoms with Crippen LogP contribution in [0.2, 0.25) is 0 Å². The second-order valence-corrected chi connectivity index (χ2v) is 5.51. The summed E-state index contributed by atoms with van der Waals surface area (Å²) in [5.41, 5.74) is 5.09. The maximum absolute atomic E-state index is 11.8. The van der Waals surface area contributed by atoms with Crippen molar-refractivity contribution in [3.05, 3.63) is 53.6 Å². The van der Waals surface area contributed by atoms with Crippen molar-refractivity contribution in [2.45, 2.75) is 13.3 Å². The second-order valence-electron chi connectivity index (χ2n) is 5.51. The van der Waals surface area contributed by atoms with Gasteiger partial charge in [0.2, 0.25) is 0 Å². The normalized spacial score (nSPS) is 10.7. The van der Waals surface area contributed by atoms with E-state index >= 15 is 0 Å². The molecular formula is C19H19NO3. The van der Waals surface area contributed by atoms with Crippen LogP contribution in [0.3, 0.4) is 0 Å². The van der Waals surface area contributed by atoms with Crippen molar-refractivity contribution in [3.63, 3.8) is 0 Å². The first-order valence-corrected chi connectivity index (χ1v) is 7.45. The van der Waals surface area contributed by atoms with Crippen molar-refractivity contribution in [1.82, 2.24) is 4.98 Å². The minimum atomic E-state index is -0.248. The molecule has 1 aromatic heterocycles. The van der Waals surface area contributed by atoms with Gasteiger partial charge in [-0.3, -0.25) is 4.79 Å². The number of H-pyrrole nitrogens is 1. The third kappa shape index (κ3) is 2.93. The first-order chi connectivity index (χ1) is 11.1. The lowest BCUT2D eigenvalue weighted by atomic mass is 10.0. The quantitative estimate of drug-likeness (QED) is 0.744. The number of aryl methyl sites for hydroxylation is 1. The molecule has 0 amide bonds. The SMILES string of the molecule is COC(=O)Cc1c(-c2ccc(OC)cc2)[nH]c2ccc(C)cc12. The highest BCUT2D eigenvalue weighted by Gasteiger charge is 2.16. The van der Waals surface area contributed by atoms with Crippen LogP contribution in [0.5, 0.6) is 5.75 Å². The lowest BCUT2D eigenvalue weighted by Gasteiger charge is -2.06. The maximum atomic E-state index is 11.8. The van der Waals surface area contributed by atoms with Crippen LogP contribution in [0.4, 0.5) is 0 Å². The third-order valence-electron chi connectivity index (χ3n) is 3.99. The highest BCUT2D eigenvalue weighted by atomic mass is 16.5. The summed E-state index contributed by atoms with van der Waals surface area (Å²) in [6.45, 7) is 2.04. The van der Waals surface area contributed by atoms with Gasteiger partial charge in [0.25, 0.3) is 0 Å². The Morgan fingerprint density at radius 3 is 2.48 bits per heavy atom. The van der Waals surface area contributed by atoms with Crippen LogP contribution in [0.25, 0.3) is 22.2 Å². The van der Waals surface area contributed by atoms with Gasteiger partial charge in [-0.2, -0.15) is 0 Å². The zero-order chi connectivity index (χ0) is 16.4. The van der Waals surface area contributed by atoms with Crippen LogP contribution in [0, 0.1) is 6.92 Å². The Balaban J connectivity index is 2.17. The lowest BCUT2D eigenvalue weighted by Crippen LogP contribution is -2.05. The number of hydrogen-bond acceptors (Lipinski definition) is 3. The van der Waals surface area contributed by atoms with Gasteiger partial charge in [-0.15, -0.1) is 0 Å². The molecule has 0 aliphatic rings. The van der Waals surface area contributed by atoms with Crippen LogP contribution >= 0.6 is 0 Å². The van der Waals surface area contributed by atoms with E-state index < -0.39 is 0 Å². The van der Waals surface area contributed by atoms with Crippen LogP contribution < -0.4 is 4.74 Å². The zero-order valence-electron chi connectivity index (χ0n) is 13.5. The standard InChI is InChI=1S/C19H19NO3/c1-12-4-9-17-15(10-12)16(11-18(21)23-3)19(20-17)13-5-7-14(22-2)8-6-13/h4-10,20H,11H2,1-3H3. The fourth-order valence-corrected chi connectivity index (χ4v) is 2.77. The van der Waals surface area contributed by atoms with Crippen LogP contribution in [0.1, 0.15) is 11.1 Å². The van der Waals surface area contributed by atoms with E-state index in [2.05, 4.69) is 17.1 Å². The molecular weight excluding hydrogens is 290 g/mol. The molecule has 0 radical (unpaired) electrons. The molecule has 118 valence electrons. The largest absolute Gasteiger partial charge is 0.497 e. The molecule has 4 heteroatoms. The molecule has 0 spiro atoms. The van der Waals surface area contributed by atoms with Crippen molar-refractivity contribution in [1.29, 1.82) is 0 Å². The number of fused-ring (bicyclic) bond motifs is 1. The summed E-state index contributed by atoms with van der Waals surface area (Å²) in [6, 6.07) is 14.0. The van der Waals surface area contributed by atoms with Gasteiger partial charge in [0, 0.05) is 10.9 Å². The van der Waals surface area contributed by atoms with E-state index in [-0.39, 0.29) is 12.4 Å². The maximum Gasteiger partial charge on any atom is 0.310 e. The Hall–Kier alpha value is -2.75. The summed E-state index contributed by atoms with van der Waals surface area (Å²) >= 11 is 0. The Kier molecular flexibility index (Phi) is 4.06. The van der Waals surface area contributed by atoms with Gasteiger partial charge >= 0.3 is 5.97 Å². The molecule has 0 fully saturated rings. The molecule has 0 saturated heterocycles. The Morgan fingerprint density at radius 1 is 1.09 bits per heavy atom. The first-order valence-electron chi connectivity index (χ1n) is 7.45. The minimum Gasteiger partial charge on any atom is -0.497 e. The topological polar surface area (TPSA) is 51.3 Å². The van der Waals surface area contributed by atoms with E-state index in [1.54, 1.807) is 7.11 Å². The molecule has 1 heterocycles. The van der Waals surface area contributed by atoms with Crippen molar-refractivity contribution in [2.24, 2.45) is 0 Å². The first kappa shape index (κ1) is 15.2. The van der Waals surface area contributed by atoms with Crippen molar-refractivity contribution >= 4 is 16.9 Å². The number of hydrogen-bond donors (Lipinski definition) is 1. The molecule has 0 aliphatic carbocycles. The van der Waals surface area contributed by atoms with Gasteiger partial charge in [0.05, 0.1) is 26.3 Å². The van der Waals surface area contributed by atoms with Gasteiger partial charge in [-0.1, -0.05) is 11.6 Å². The summed E-state index contributed by atoms with van der Waals surface area (Å²) in [4.78, 5) is 15.3. The van der Waals surface area contributed by atoms with E-state index in [0.29, 0.717) is 0 Å². The van der Waals surface area contributed by atoms with E-state index in [0.717, 1.165) is 39.0 Å². The fraction of sp³-hybridized carbons (Fsp3) is 0.211. The number of carbonyl (C=O) groups excluding carboxylic acids is 1. The van der Waals surface area contributed by atoms with Gasteiger partial charge in [0.1, 0.15) is 5.75 Å². The van der Waals surface area contributed by atoms with Gasteiger partial charge in [-0.25, -0.2) is 0 Å². The van der Waals surface area contributed by atoms with Crippen LogP contribution in [-0.2, 0) is 16.0 Å². The molecule has 0 unspecified atom stereocenters. The van der Waals surface area contributed by atoms with E-state index in [4.69, 9.17) is 9.47 Å². The summed E-state index contributed by atoms with van der Waals surface area (Å²) in [6.07, 6.45) is 0.237. The highest BCUT2D eigenvalue weighted by molar-refractivity contribution is 5.94. The summed E-state index contributed by atoms with van der Waals surface area (Å²) in [5.74, 6) is 0.553. The van der Waals surface area contributed by atoms with Crippen molar-refractivity contribution in [2.75, 3.05) is 14.2 Å². The number of nitrogens with one attached hydrogen (secondary N) is 1. The predicted octanol–water partition coefficient (Wildman–Crippen LogP) is 3.87. The molecule has 0 saturated carbocycles. The third-order valence-corrected chi connectivity index (χ3v) is 3.99. The van der Waals surface area contributed by atoms with E-state index in [1.165, 1.54) is 7.11 Å². The number of benzene rings is 2. The number of methoxy groups -OCH3 is 2. The molecule has 1 N–H and O–H groups in total. The van der Waals surface area contributed by atoms with E-state index in [1.807, 2.05) is 37.3 Å². The molecule has 3 aromatic rings. The number of rotatable bonds is 4. The summed E-state index contributed by atoms with van der Waals surface area (Å²) in [7, 11) is 3.05. The smallest absolute Gasteiger partial charge is 0.310 e. The van der Waals surface area contributed by atoms with Gasteiger partial charge in [-0.05, 0) is 54.4 Å². The number of carbonyl (C=O) groups is 1. The fourth-order valence-electron chi connectivity index (χ4n) is 2.77. The monoisotopic (exact) mass is 309 g/mol. The molecule has 0 aliphatic heterocycles. The number of ether oxygens (including phenoxy) is 2. The minimum absolute atomic E-state index is 0.237. The van der Waals surface area contributed by atoms with Gasteiger partial charge in [0.15, 0.2) is 0 Å². The molecule has 0 atom stereocenters. The summed E-state index contributed by atoms with van der Waals surface area (Å²) in [5, 5.41) is 1.06. The molecule has 4 nitrogen and oxygen atoms in total. The Morgan fingerprint density at radius 2 is 1.83 bits per heavy atom. The zero-order valence-corrected chi connectivity index (χ0v) is 13.5. The molecule has 2 aromatic carbocycles. The van der Waals surface area contributed by atoms with Crippen molar-refractivity contribution < 1.29 is 14.3 Å². The average Bonchev–Trinajstić information content (AvgIpc) is 2.92. The average molecular weight is 309 g/mol. The number of aromatic amines is 1. The molecule has 3 rings (SSSR count). The molecule has 0 bridgehead atoms. The van der Waals surface area contributed by atoms with Gasteiger partial charge < -0.3 is 14.5 Å². The van der Waals surface area contributed by atoms with Crippen LogP contribution in [-0.4, -0.2) is 25.2 Å². The Labute approximate surface area is 135 Å². The van der Waals surface area contributed by atoms with Crippen molar-refractivity contribution in [3.8, 4) is 17.0 Å². The Bertz CT molecular complexity index is 847. The predicted molar refractivity (Wildman–Crippen MR) is 90.7 cm³/mol. The summed E-state index contributed by atoms with van der Waals surface area (Å²) < 4.78 is 10.1. The van der Waals surface area contributed by atoms with E-state index in [9.17, 15) is 4.79 Å². The highest BCUT2D eigenvalue weighted by Crippen LogP contribution is 2.32. The molecule has 23 heavy (non-hydrogen) atoms. The lowest BCUT2D eigenvalue weighted by molar-refractivity contribution is -0.139. The second kappa shape index (κ2) is 6.16.